The Kier molecular flexibility index (Phi) is 6.35. The fourth-order valence-corrected chi connectivity index (χ4v) is 0.974. The van der Waals surface area contributed by atoms with Crippen molar-refractivity contribution in [2.75, 3.05) is 6.61 Å². The van der Waals surface area contributed by atoms with E-state index in [1.807, 2.05) is 13.8 Å². The van der Waals surface area contributed by atoms with Crippen LogP contribution in [0.25, 0.3) is 0 Å². The predicted molar refractivity (Wildman–Crippen MR) is 55.6 cm³/mol. The summed E-state index contributed by atoms with van der Waals surface area (Å²) in [6.07, 6.45) is 4.75. The summed E-state index contributed by atoms with van der Waals surface area (Å²) in [6, 6.07) is 0. The highest BCUT2D eigenvalue weighted by atomic mass is 16.6. The van der Waals surface area contributed by atoms with E-state index in [4.69, 9.17) is 4.74 Å². The van der Waals surface area contributed by atoms with Crippen molar-refractivity contribution >= 4 is 0 Å². The molecular weight excluding hydrogens is 164 g/mol. The molecule has 0 aromatic carbocycles. The zero-order valence-corrected chi connectivity index (χ0v) is 9.47. The summed E-state index contributed by atoms with van der Waals surface area (Å²) >= 11 is 0. The third-order valence-electron chi connectivity index (χ3n) is 2.46. The van der Waals surface area contributed by atoms with Crippen molar-refractivity contribution in [3.63, 3.8) is 0 Å². The minimum absolute atomic E-state index is 0.152. The first-order chi connectivity index (χ1) is 6.00. The van der Waals surface area contributed by atoms with E-state index in [0.717, 1.165) is 6.42 Å². The van der Waals surface area contributed by atoms with Crippen molar-refractivity contribution in [1.82, 2.24) is 0 Å². The minimum atomic E-state index is -0.952. The van der Waals surface area contributed by atoms with Crippen molar-refractivity contribution in [2.24, 2.45) is 5.92 Å². The van der Waals surface area contributed by atoms with Gasteiger partial charge in [0.05, 0.1) is 6.61 Å². The second-order valence-corrected chi connectivity index (χ2v) is 4.12. The van der Waals surface area contributed by atoms with Gasteiger partial charge in [0, 0.05) is 5.92 Å². The van der Waals surface area contributed by atoms with Crippen molar-refractivity contribution in [3.8, 4) is 0 Å². The number of rotatable bonds is 7. The van der Waals surface area contributed by atoms with Crippen LogP contribution < -0.4 is 0 Å². The topological polar surface area (TPSA) is 29.5 Å². The van der Waals surface area contributed by atoms with E-state index in [9.17, 15) is 5.11 Å². The van der Waals surface area contributed by atoms with Gasteiger partial charge in [-0.2, -0.15) is 0 Å². The Bertz CT molecular complexity index is 119. The van der Waals surface area contributed by atoms with Crippen molar-refractivity contribution in [3.05, 3.63) is 0 Å². The van der Waals surface area contributed by atoms with Gasteiger partial charge in [-0.25, -0.2) is 0 Å². The van der Waals surface area contributed by atoms with Gasteiger partial charge in [-0.3, -0.25) is 0 Å². The van der Waals surface area contributed by atoms with Crippen LogP contribution in [0.3, 0.4) is 0 Å². The maximum Gasteiger partial charge on any atom is 0.164 e. The molecule has 0 aliphatic rings. The van der Waals surface area contributed by atoms with Gasteiger partial charge in [0.1, 0.15) is 0 Å². The molecule has 13 heavy (non-hydrogen) atoms. The average Bonchev–Trinajstić information content (AvgIpc) is 2.03. The van der Waals surface area contributed by atoms with E-state index in [1.54, 1.807) is 6.92 Å². The minimum Gasteiger partial charge on any atom is -0.365 e. The summed E-state index contributed by atoms with van der Waals surface area (Å²) in [5.41, 5.74) is 0. The molecule has 80 valence electrons. The van der Waals surface area contributed by atoms with E-state index in [2.05, 4.69) is 6.92 Å². The maximum atomic E-state index is 9.73. The monoisotopic (exact) mass is 188 g/mol. The summed E-state index contributed by atoms with van der Waals surface area (Å²) < 4.78 is 5.39. The quantitative estimate of drug-likeness (QED) is 0.491. The molecule has 0 saturated carbocycles. The fraction of sp³-hybridized carbons (Fsp3) is 1.00. The van der Waals surface area contributed by atoms with Crippen molar-refractivity contribution in [1.29, 1.82) is 0 Å². The average molecular weight is 188 g/mol. The van der Waals surface area contributed by atoms with Crippen LogP contribution in [-0.2, 0) is 4.74 Å². The van der Waals surface area contributed by atoms with Crippen LogP contribution in [0, 0.1) is 5.92 Å². The number of ether oxygens (including phenoxy) is 1. The SMILES string of the molecule is CCCCCCOC(C)(O)C(C)C. The summed E-state index contributed by atoms with van der Waals surface area (Å²) in [4.78, 5) is 0. The molecule has 0 aliphatic heterocycles. The molecule has 0 rings (SSSR count). The molecule has 0 aromatic rings. The molecule has 0 heterocycles. The molecule has 0 fully saturated rings. The molecule has 1 atom stereocenters. The third kappa shape index (κ3) is 6.05. The Labute approximate surface area is 82.3 Å². The largest absolute Gasteiger partial charge is 0.365 e. The van der Waals surface area contributed by atoms with Gasteiger partial charge in [0.2, 0.25) is 0 Å². The lowest BCUT2D eigenvalue weighted by atomic mass is 10.1. The van der Waals surface area contributed by atoms with Crippen LogP contribution in [0.15, 0.2) is 0 Å². The van der Waals surface area contributed by atoms with Gasteiger partial charge in [0.15, 0.2) is 5.79 Å². The Morgan fingerprint density at radius 1 is 1.23 bits per heavy atom. The molecule has 0 aromatic heterocycles. The van der Waals surface area contributed by atoms with E-state index >= 15 is 0 Å². The number of aliphatic hydroxyl groups is 1. The summed E-state index contributed by atoms with van der Waals surface area (Å²) in [5, 5.41) is 9.73. The molecule has 2 heteroatoms. The second-order valence-electron chi connectivity index (χ2n) is 4.12. The van der Waals surface area contributed by atoms with Crippen molar-refractivity contribution in [2.45, 2.75) is 59.2 Å². The molecular formula is C11H24O2. The zero-order valence-electron chi connectivity index (χ0n) is 9.47. The maximum absolute atomic E-state index is 9.73. The van der Waals surface area contributed by atoms with E-state index < -0.39 is 5.79 Å². The number of unbranched alkanes of at least 4 members (excludes halogenated alkanes) is 3. The summed E-state index contributed by atoms with van der Waals surface area (Å²) in [7, 11) is 0. The Morgan fingerprint density at radius 3 is 2.31 bits per heavy atom. The Hall–Kier alpha value is -0.0800. The summed E-state index contributed by atoms with van der Waals surface area (Å²) in [5.74, 6) is -0.801. The molecule has 0 bridgehead atoms. The molecule has 0 saturated heterocycles. The lowest BCUT2D eigenvalue weighted by Gasteiger charge is -2.27. The Balaban J connectivity index is 3.41. The first-order valence-electron chi connectivity index (χ1n) is 5.37. The molecule has 0 aliphatic carbocycles. The van der Waals surface area contributed by atoms with Crippen LogP contribution in [0.1, 0.15) is 53.4 Å². The van der Waals surface area contributed by atoms with Crippen LogP contribution in [-0.4, -0.2) is 17.5 Å². The highest BCUT2D eigenvalue weighted by Crippen LogP contribution is 2.17. The first kappa shape index (κ1) is 12.9. The van der Waals surface area contributed by atoms with Crippen LogP contribution in [0.5, 0.6) is 0 Å². The normalized spacial score (nSPS) is 16.2. The fourth-order valence-electron chi connectivity index (χ4n) is 0.974. The number of hydrogen-bond donors (Lipinski definition) is 1. The molecule has 2 nitrogen and oxygen atoms in total. The lowest BCUT2D eigenvalue weighted by molar-refractivity contribution is -0.217. The lowest BCUT2D eigenvalue weighted by Crippen LogP contribution is -2.34. The van der Waals surface area contributed by atoms with Gasteiger partial charge in [-0.1, -0.05) is 40.0 Å². The predicted octanol–water partition coefficient (Wildman–Crippen LogP) is 2.95. The third-order valence-corrected chi connectivity index (χ3v) is 2.46. The van der Waals surface area contributed by atoms with E-state index in [0.29, 0.717) is 6.61 Å². The van der Waals surface area contributed by atoms with E-state index in [1.165, 1.54) is 19.3 Å². The second kappa shape index (κ2) is 6.39. The van der Waals surface area contributed by atoms with Crippen molar-refractivity contribution < 1.29 is 9.84 Å². The Morgan fingerprint density at radius 2 is 1.85 bits per heavy atom. The molecule has 0 spiro atoms. The molecule has 0 amide bonds. The van der Waals surface area contributed by atoms with Crippen LogP contribution in [0.2, 0.25) is 0 Å². The summed E-state index contributed by atoms with van der Waals surface area (Å²) in [6.45, 7) is 8.52. The zero-order chi connectivity index (χ0) is 10.3. The standard InChI is InChI=1S/C11H24O2/c1-5-6-7-8-9-13-11(4,12)10(2)3/h10,12H,5-9H2,1-4H3. The van der Waals surface area contributed by atoms with Crippen LogP contribution >= 0.6 is 0 Å². The van der Waals surface area contributed by atoms with Gasteiger partial charge in [0.25, 0.3) is 0 Å². The van der Waals surface area contributed by atoms with E-state index in [-0.39, 0.29) is 5.92 Å². The molecule has 1 N–H and O–H groups in total. The smallest absolute Gasteiger partial charge is 0.164 e. The highest BCUT2D eigenvalue weighted by molar-refractivity contribution is 4.63. The molecule has 0 radical (unpaired) electrons. The molecule has 1 unspecified atom stereocenters. The van der Waals surface area contributed by atoms with Crippen LogP contribution in [0.4, 0.5) is 0 Å². The first-order valence-corrected chi connectivity index (χ1v) is 5.37. The van der Waals surface area contributed by atoms with Gasteiger partial charge in [-0.05, 0) is 13.3 Å². The van der Waals surface area contributed by atoms with Gasteiger partial charge in [-0.15, -0.1) is 0 Å². The van der Waals surface area contributed by atoms with Gasteiger partial charge < -0.3 is 9.84 Å². The van der Waals surface area contributed by atoms with Gasteiger partial charge >= 0.3 is 0 Å². The highest BCUT2D eigenvalue weighted by Gasteiger charge is 2.24. The number of hydrogen-bond acceptors (Lipinski definition) is 2.